The molecule has 0 saturated carbocycles. The van der Waals surface area contributed by atoms with Crippen molar-refractivity contribution in [1.82, 2.24) is 45.3 Å². The number of halogens is 1. The van der Waals surface area contributed by atoms with Gasteiger partial charge in [-0.05, 0) is 67.2 Å². The van der Waals surface area contributed by atoms with Gasteiger partial charge in [0.15, 0.2) is 0 Å². The number of thiazole rings is 1. The van der Waals surface area contributed by atoms with Gasteiger partial charge >= 0.3 is 0 Å². The number of nitrogens with two attached hydrogens (primary N) is 1. The van der Waals surface area contributed by atoms with Crippen LogP contribution in [0.1, 0.15) is 90.4 Å². The highest BCUT2D eigenvalue weighted by Gasteiger charge is 2.45. The number of aromatic nitrogens is 4. The van der Waals surface area contributed by atoms with E-state index in [2.05, 4.69) is 42.7 Å². The van der Waals surface area contributed by atoms with Gasteiger partial charge in [-0.15, -0.1) is 11.3 Å². The molecule has 1 aromatic carbocycles. The second kappa shape index (κ2) is 22.4. The number of hydrogen-bond donors (Lipinski definition) is 5. The van der Waals surface area contributed by atoms with Crippen LogP contribution >= 0.6 is 34.7 Å². The van der Waals surface area contributed by atoms with Gasteiger partial charge in [-0.2, -0.15) is 0 Å². The van der Waals surface area contributed by atoms with Crippen LogP contribution < -0.4 is 26.6 Å². The maximum atomic E-state index is 14.3. The van der Waals surface area contributed by atoms with Crippen LogP contribution in [0.3, 0.4) is 0 Å². The first-order valence-electron chi connectivity index (χ1n) is 24.8. The Hall–Kier alpha value is -5.41. The minimum absolute atomic E-state index is 0.00653. The topological polar surface area (TPSA) is 232 Å². The standard InChI is InChI=1S/C51H67ClN12O6S2/c1-30-44(71-29-57-30)33-9-7-32(8-10-33)37(60-47(68)38-21-36(66)27-64(38)49(70)45(50(3,4)5)58-31(2)65)22-42(67)62-17-12-34(13-18-62)48(69)63-25-35(26-63)59-46-43(52)39(11-16-54-46)72-41-24-55-40(23-56-41)61-19-14-51(6,28-53)15-20-61/h7-11,16,23-24,29,34-38,45,66H,12-15,17-22,25-28,53H2,1-6H3,(H,54,59)(H,58,65)(H,60,68)/t36-,37+,38+,45-/m1/s1. The van der Waals surface area contributed by atoms with Gasteiger partial charge in [0.25, 0.3) is 0 Å². The van der Waals surface area contributed by atoms with Crippen LogP contribution in [0.5, 0.6) is 0 Å². The van der Waals surface area contributed by atoms with Crippen LogP contribution in [0.15, 0.2) is 64.4 Å². The van der Waals surface area contributed by atoms with Crippen LogP contribution in [0.2, 0.25) is 5.02 Å². The highest BCUT2D eigenvalue weighted by molar-refractivity contribution is 7.99. The normalized spacial score (nSPS) is 20.4. The van der Waals surface area contributed by atoms with Crippen molar-refractivity contribution < 1.29 is 29.1 Å². The van der Waals surface area contributed by atoms with E-state index in [0.717, 1.165) is 52.8 Å². The largest absolute Gasteiger partial charge is 0.391 e. The molecule has 4 aliphatic heterocycles. The first-order valence-corrected chi connectivity index (χ1v) is 26.9. The molecule has 0 spiro atoms. The second-order valence-corrected chi connectivity index (χ2v) is 23.4. The number of aliphatic hydroxyl groups excluding tert-OH is 1. The predicted molar refractivity (Wildman–Crippen MR) is 278 cm³/mol. The third-order valence-electron chi connectivity index (χ3n) is 14.5. The Morgan fingerprint density at radius 1 is 0.944 bits per heavy atom. The van der Waals surface area contributed by atoms with E-state index in [1.54, 1.807) is 29.0 Å². The molecule has 6 N–H and O–H groups in total. The molecule has 3 aromatic heterocycles. The summed E-state index contributed by atoms with van der Waals surface area (Å²) in [5.41, 5.74) is 9.82. The molecule has 386 valence electrons. The fraction of sp³-hybridized carbons (Fsp3) is 0.549. The fourth-order valence-corrected chi connectivity index (χ4v) is 11.7. The lowest BCUT2D eigenvalue weighted by Gasteiger charge is -2.43. The van der Waals surface area contributed by atoms with E-state index >= 15 is 0 Å². The second-order valence-electron chi connectivity index (χ2n) is 21.1. The van der Waals surface area contributed by atoms with Crippen molar-refractivity contribution in [3.05, 3.63) is 70.7 Å². The number of rotatable bonds is 15. The Labute approximate surface area is 434 Å². The minimum atomic E-state index is -1.03. The molecule has 7 heterocycles. The molecule has 4 saturated heterocycles. The number of likely N-dealkylation sites (tertiary alicyclic amines) is 3. The summed E-state index contributed by atoms with van der Waals surface area (Å²) in [7, 11) is 0. The number of pyridine rings is 1. The molecule has 21 heteroatoms. The number of piperidine rings is 2. The Morgan fingerprint density at radius 2 is 1.65 bits per heavy atom. The molecule has 0 radical (unpaired) electrons. The number of hydrogen-bond acceptors (Lipinski definition) is 15. The van der Waals surface area contributed by atoms with Gasteiger partial charge in [0.05, 0.1) is 58.1 Å². The van der Waals surface area contributed by atoms with Gasteiger partial charge in [0.2, 0.25) is 29.5 Å². The molecule has 4 aliphatic rings. The van der Waals surface area contributed by atoms with Crippen LogP contribution in [0.4, 0.5) is 11.6 Å². The van der Waals surface area contributed by atoms with Crippen LogP contribution in [0.25, 0.3) is 10.4 Å². The molecule has 4 fully saturated rings. The predicted octanol–water partition coefficient (Wildman–Crippen LogP) is 5.29. The molecule has 4 atom stereocenters. The van der Waals surface area contributed by atoms with Gasteiger partial charge in [0.1, 0.15) is 28.7 Å². The SMILES string of the molecule is CC(=O)N[C@H](C(=O)N1C[C@H](O)C[C@H]1C(=O)N[C@@H](CC(=O)N1CCC(C(=O)N2CC(Nc3nccc(Sc4cnc(N5CCC(C)(CN)CC5)cn4)c3Cl)C2)CC1)c1ccc(-c2scnc2C)cc1)C(C)(C)C. The molecule has 4 aromatic rings. The maximum Gasteiger partial charge on any atom is 0.246 e. The number of aryl methyl sites for hydroxylation is 1. The van der Waals surface area contributed by atoms with Crippen LogP contribution in [0, 0.1) is 23.7 Å². The third-order valence-corrected chi connectivity index (χ3v) is 17.0. The number of carbonyl (C=O) groups excluding carboxylic acids is 5. The molecule has 72 heavy (non-hydrogen) atoms. The summed E-state index contributed by atoms with van der Waals surface area (Å²) in [6.45, 7) is 15.1. The molecule has 5 amide bonds. The van der Waals surface area contributed by atoms with E-state index < -0.39 is 41.5 Å². The lowest BCUT2D eigenvalue weighted by molar-refractivity contribution is -0.144. The Balaban J connectivity index is 0.850. The monoisotopic (exact) mass is 1040 g/mol. The summed E-state index contributed by atoms with van der Waals surface area (Å²) in [5, 5.41) is 21.2. The average Bonchev–Trinajstić information content (AvgIpc) is 3.97. The molecule has 0 bridgehead atoms. The van der Waals surface area contributed by atoms with Crippen molar-refractivity contribution in [2.75, 3.05) is 62.6 Å². The number of benzene rings is 1. The highest BCUT2D eigenvalue weighted by Crippen LogP contribution is 2.38. The van der Waals surface area contributed by atoms with Gasteiger partial charge in [0, 0.05) is 76.2 Å². The lowest BCUT2D eigenvalue weighted by Crippen LogP contribution is -2.59. The van der Waals surface area contributed by atoms with Crippen molar-refractivity contribution in [1.29, 1.82) is 0 Å². The maximum absolute atomic E-state index is 14.3. The van der Waals surface area contributed by atoms with E-state index in [0.29, 0.717) is 67.0 Å². The number of nitrogens with one attached hydrogen (secondary N) is 3. The van der Waals surface area contributed by atoms with Gasteiger partial charge in [-0.3, -0.25) is 24.0 Å². The van der Waals surface area contributed by atoms with Crippen molar-refractivity contribution in [2.45, 2.75) is 120 Å². The van der Waals surface area contributed by atoms with E-state index in [9.17, 15) is 29.1 Å². The molecule has 0 unspecified atom stereocenters. The number of anilines is 2. The smallest absolute Gasteiger partial charge is 0.246 e. The summed E-state index contributed by atoms with van der Waals surface area (Å²) in [6.07, 6.45) is 7.30. The Morgan fingerprint density at radius 3 is 2.26 bits per heavy atom. The number of carbonyl (C=O) groups is 5. The summed E-state index contributed by atoms with van der Waals surface area (Å²) < 4.78 is 0. The lowest BCUT2D eigenvalue weighted by atomic mass is 9.80. The first-order chi connectivity index (χ1) is 34.3. The molecule has 18 nitrogen and oxygen atoms in total. The molecular weight excluding hydrogens is 976 g/mol. The van der Waals surface area contributed by atoms with Gasteiger partial charge < -0.3 is 46.4 Å². The van der Waals surface area contributed by atoms with E-state index in [-0.39, 0.29) is 54.5 Å². The van der Waals surface area contributed by atoms with Crippen LogP contribution in [-0.4, -0.2) is 146 Å². The third kappa shape index (κ3) is 12.3. The number of nitrogens with zero attached hydrogens (tertiary/aromatic N) is 8. The summed E-state index contributed by atoms with van der Waals surface area (Å²) in [6, 6.07) is 6.73. The zero-order valence-electron chi connectivity index (χ0n) is 41.9. The van der Waals surface area contributed by atoms with E-state index in [1.807, 2.05) is 62.9 Å². The van der Waals surface area contributed by atoms with E-state index in [1.165, 1.54) is 34.9 Å². The summed E-state index contributed by atoms with van der Waals surface area (Å²) in [5.74, 6) is -0.340. The number of amides is 5. The van der Waals surface area contributed by atoms with Crippen molar-refractivity contribution in [2.24, 2.45) is 22.5 Å². The fourth-order valence-electron chi connectivity index (χ4n) is 9.89. The molecule has 0 aliphatic carbocycles. The Bertz CT molecular complexity index is 2590. The van der Waals surface area contributed by atoms with E-state index in [4.69, 9.17) is 22.3 Å². The van der Waals surface area contributed by atoms with Crippen LogP contribution in [-0.2, 0) is 24.0 Å². The van der Waals surface area contributed by atoms with Crippen molar-refractivity contribution in [3.63, 3.8) is 0 Å². The molecular formula is C51H67ClN12O6S2. The summed E-state index contributed by atoms with van der Waals surface area (Å²) >= 11 is 9.80. The number of β-amino-alcohol motifs (C(OH)–C–C–N with tert-alkyl or cyclic N) is 1. The quantitative estimate of drug-likeness (QED) is 0.102. The zero-order chi connectivity index (χ0) is 51.5. The van der Waals surface area contributed by atoms with Gasteiger partial charge in [-0.25, -0.2) is 19.9 Å². The zero-order valence-corrected chi connectivity index (χ0v) is 44.3. The molecule has 8 rings (SSSR count). The highest BCUT2D eigenvalue weighted by atomic mass is 35.5. The van der Waals surface area contributed by atoms with Crippen molar-refractivity contribution >= 4 is 75.9 Å². The number of aliphatic hydroxyl groups is 1. The first kappa shape index (κ1) is 52.9. The average molecular weight is 1040 g/mol. The summed E-state index contributed by atoms with van der Waals surface area (Å²) in [4.78, 5) is 95.5. The Kier molecular flexibility index (Phi) is 16.4. The van der Waals surface area contributed by atoms with Crippen molar-refractivity contribution in [3.8, 4) is 10.4 Å². The minimum Gasteiger partial charge on any atom is -0.391 e. The van der Waals surface area contributed by atoms with Gasteiger partial charge in [-0.1, -0.05) is 75.3 Å².